The summed E-state index contributed by atoms with van der Waals surface area (Å²) in [7, 11) is -5.12. The van der Waals surface area contributed by atoms with Gasteiger partial charge in [0.25, 0.3) is 0 Å². The van der Waals surface area contributed by atoms with Gasteiger partial charge in [0, 0.05) is 0 Å². The maximum atomic E-state index is 13.1. The van der Waals surface area contributed by atoms with Crippen LogP contribution in [0, 0.1) is 0 Å². The number of hydrogen-bond donors (Lipinski definition) is 7. The highest BCUT2D eigenvalue weighted by atomic mass is 32.3. The third kappa shape index (κ3) is 28.5. The Bertz CT molecular complexity index is 1220. The number of aliphatic hydroxyl groups excluding tert-OH is 5. The second-order valence-corrected chi connectivity index (χ2v) is 17.2. The van der Waals surface area contributed by atoms with Crippen LogP contribution in [0.4, 0.5) is 0 Å². The lowest BCUT2D eigenvalue weighted by Crippen LogP contribution is -2.61. The quantitative estimate of drug-likeness (QED) is 0.0181. The van der Waals surface area contributed by atoms with Gasteiger partial charge >= 0.3 is 10.4 Å². The Morgan fingerprint density at radius 1 is 0.678 bits per heavy atom. The molecule has 0 saturated carbocycles. The maximum Gasteiger partial charge on any atom is 0.397 e. The molecule has 1 aliphatic rings. The van der Waals surface area contributed by atoms with Crippen LogP contribution in [0.1, 0.15) is 181 Å². The molecular weight excluding hydrogens is 779 g/mol. The average molecular weight is 862 g/mol. The van der Waals surface area contributed by atoms with Crippen LogP contribution in [-0.2, 0) is 28.9 Å². The summed E-state index contributed by atoms with van der Waals surface area (Å²) >= 11 is 0. The predicted molar refractivity (Wildman–Crippen MR) is 233 cm³/mol. The number of nitrogens with one attached hydrogen (secondary N) is 1. The lowest BCUT2D eigenvalue weighted by molar-refractivity contribution is -0.298. The number of allylic oxidation sites excluding steroid dienone is 5. The van der Waals surface area contributed by atoms with E-state index < -0.39 is 78.5 Å². The van der Waals surface area contributed by atoms with Gasteiger partial charge in [0.05, 0.1) is 25.4 Å². The lowest BCUT2D eigenvalue weighted by atomic mass is 9.99. The van der Waals surface area contributed by atoms with Crippen LogP contribution < -0.4 is 5.32 Å². The van der Waals surface area contributed by atoms with E-state index in [9.17, 15) is 43.3 Å². The Morgan fingerprint density at radius 2 is 1.14 bits per heavy atom. The number of carbonyl (C=O) groups excluding carboxylic acids is 1. The summed E-state index contributed by atoms with van der Waals surface area (Å²) in [6.07, 6.45) is 29.4. The zero-order valence-electron chi connectivity index (χ0n) is 36.4. The molecule has 1 heterocycles. The molecule has 0 aliphatic carbocycles. The summed E-state index contributed by atoms with van der Waals surface area (Å²) in [4.78, 5) is 13.1. The van der Waals surface area contributed by atoms with Crippen molar-refractivity contribution in [1.82, 2.24) is 5.32 Å². The molecular formula is C45H83NO12S. The normalized spacial score (nSPS) is 21.8. The minimum absolute atomic E-state index is 0.236. The molecule has 346 valence electrons. The summed E-state index contributed by atoms with van der Waals surface area (Å²) in [6.45, 7) is 3.17. The van der Waals surface area contributed by atoms with Crippen molar-refractivity contribution in [3.05, 3.63) is 36.5 Å². The largest absolute Gasteiger partial charge is 0.397 e. The van der Waals surface area contributed by atoms with Crippen LogP contribution in [0.25, 0.3) is 0 Å². The third-order valence-corrected chi connectivity index (χ3v) is 11.2. The van der Waals surface area contributed by atoms with Gasteiger partial charge in [-0.2, -0.15) is 8.42 Å². The topological polar surface area (TPSA) is 212 Å². The van der Waals surface area contributed by atoms with E-state index in [0.717, 1.165) is 44.9 Å². The summed E-state index contributed by atoms with van der Waals surface area (Å²) in [5.74, 6) is -0.716. The van der Waals surface area contributed by atoms with Crippen molar-refractivity contribution in [1.29, 1.82) is 0 Å². The first-order chi connectivity index (χ1) is 28.4. The molecule has 8 atom stereocenters. The summed E-state index contributed by atoms with van der Waals surface area (Å²) in [5, 5.41) is 55.1. The Balaban J connectivity index is 2.63. The smallest absolute Gasteiger partial charge is 0.394 e. The zero-order chi connectivity index (χ0) is 43.6. The molecule has 13 nitrogen and oxygen atoms in total. The van der Waals surface area contributed by atoms with Crippen molar-refractivity contribution in [2.45, 2.75) is 230 Å². The molecule has 8 unspecified atom stereocenters. The van der Waals surface area contributed by atoms with Gasteiger partial charge in [-0.15, -0.1) is 0 Å². The molecule has 0 aromatic rings. The minimum atomic E-state index is -5.12. The molecule has 0 radical (unpaired) electrons. The molecule has 7 N–H and O–H groups in total. The van der Waals surface area contributed by atoms with Crippen molar-refractivity contribution in [3.8, 4) is 0 Å². The molecule has 14 heteroatoms. The van der Waals surface area contributed by atoms with Crippen molar-refractivity contribution in [2.75, 3.05) is 13.2 Å². The number of rotatable bonds is 38. The predicted octanol–water partition coefficient (Wildman–Crippen LogP) is 7.69. The van der Waals surface area contributed by atoms with Crippen molar-refractivity contribution in [3.63, 3.8) is 0 Å². The Morgan fingerprint density at radius 3 is 1.63 bits per heavy atom. The Hall–Kier alpha value is -1.72. The van der Waals surface area contributed by atoms with E-state index in [-0.39, 0.29) is 6.42 Å². The highest BCUT2D eigenvalue weighted by Crippen LogP contribution is 2.26. The van der Waals surface area contributed by atoms with Gasteiger partial charge in [-0.1, -0.05) is 172 Å². The molecule has 0 aromatic heterocycles. The van der Waals surface area contributed by atoms with Gasteiger partial charge in [0.1, 0.15) is 30.5 Å². The van der Waals surface area contributed by atoms with Crippen molar-refractivity contribution in [2.24, 2.45) is 0 Å². The molecule has 0 bridgehead atoms. The van der Waals surface area contributed by atoms with Crippen LogP contribution >= 0.6 is 0 Å². The highest BCUT2D eigenvalue weighted by Gasteiger charge is 2.48. The molecule has 59 heavy (non-hydrogen) atoms. The molecule has 0 spiro atoms. The summed E-state index contributed by atoms with van der Waals surface area (Å²) in [6, 6.07) is -1.14. The van der Waals surface area contributed by atoms with Crippen LogP contribution in [0.3, 0.4) is 0 Å². The number of ether oxygens (including phenoxy) is 2. The fraction of sp³-hybridized carbons (Fsp3) is 0.844. The first-order valence-electron chi connectivity index (χ1n) is 23.0. The van der Waals surface area contributed by atoms with E-state index in [0.29, 0.717) is 12.8 Å². The summed E-state index contributed by atoms with van der Waals surface area (Å²) < 4.78 is 47.4. The monoisotopic (exact) mass is 862 g/mol. The van der Waals surface area contributed by atoms with E-state index >= 15 is 0 Å². The van der Waals surface area contributed by atoms with Crippen LogP contribution in [0.15, 0.2) is 36.5 Å². The van der Waals surface area contributed by atoms with Crippen LogP contribution in [0.2, 0.25) is 0 Å². The van der Waals surface area contributed by atoms with Crippen LogP contribution in [0.5, 0.6) is 0 Å². The first kappa shape index (κ1) is 55.3. The van der Waals surface area contributed by atoms with E-state index in [1.54, 1.807) is 6.08 Å². The molecule has 1 saturated heterocycles. The third-order valence-electron chi connectivity index (χ3n) is 10.8. The Labute approximate surface area is 357 Å². The minimum Gasteiger partial charge on any atom is -0.394 e. The van der Waals surface area contributed by atoms with Gasteiger partial charge in [-0.3, -0.25) is 9.35 Å². The lowest BCUT2D eigenvalue weighted by Gasteiger charge is -2.41. The van der Waals surface area contributed by atoms with Gasteiger partial charge in [0.15, 0.2) is 6.29 Å². The number of aliphatic hydroxyl groups is 5. The van der Waals surface area contributed by atoms with Gasteiger partial charge in [0.2, 0.25) is 5.91 Å². The zero-order valence-corrected chi connectivity index (χ0v) is 37.2. The standard InChI is InChI=1S/C45H83NO12S/c1-3-5-7-9-11-13-15-17-19-21-23-25-27-29-31-33-38(48)37(36-56-45-42(51)43(58-59(53,54)55)41(50)40(35-47)57-45)46-44(52)39(49)34-32-30-28-26-24-22-20-18-16-14-12-10-8-6-4-2/h15,17,23,25,31,33,37-43,45,47-51H,3-14,16,18-22,24,26-30,32,34-36H2,1-2H3,(H,46,52)(H,53,54,55)/b17-15+,25-23+,33-31+. The average Bonchev–Trinajstić information content (AvgIpc) is 3.20. The molecule has 1 aliphatic heterocycles. The maximum absolute atomic E-state index is 13.1. The van der Waals surface area contributed by atoms with Gasteiger partial charge in [-0.05, 0) is 44.9 Å². The molecule has 1 fully saturated rings. The SMILES string of the molecule is CCCCCCC/C=C/CC/C=C/CC/C=C/C(O)C(COC1OC(CO)C(O)C(OS(=O)(=O)O)C1O)NC(=O)C(O)CCCCCCCCCCCCCCCCC. The second-order valence-electron chi connectivity index (χ2n) is 16.1. The van der Waals surface area contributed by atoms with Gasteiger partial charge < -0.3 is 40.3 Å². The van der Waals surface area contributed by atoms with E-state index in [2.05, 4.69) is 47.7 Å². The van der Waals surface area contributed by atoms with Crippen molar-refractivity contribution < 1.29 is 57.0 Å². The molecule has 0 aromatic carbocycles. The van der Waals surface area contributed by atoms with Crippen molar-refractivity contribution >= 4 is 16.3 Å². The highest BCUT2D eigenvalue weighted by molar-refractivity contribution is 7.80. The number of unbranched alkanes of at least 4 members (excludes halogenated alkanes) is 21. The molecule has 1 rings (SSSR count). The molecule has 1 amide bonds. The Kier molecular flexibility index (Phi) is 33.6. The first-order valence-corrected chi connectivity index (χ1v) is 24.3. The summed E-state index contributed by atoms with van der Waals surface area (Å²) in [5.41, 5.74) is 0. The number of carbonyl (C=O) groups is 1. The van der Waals surface area contributed by atoms with E-state index in [1.165, 1.54) is 109 Å². The second kappa shape index (κ2) is 35.8. The van der Waals surface area contributed by atoms with E-state index in [4.69, 9.17) is 9.47 Å². The number of hydrogen-bond acceptors (Lipinski definition) is 11. The van der Waals surface area contributed by atoms with Gasteiger partial charge in [-0.25, -0.2) is 4.18 Å². The fourth-order valence-electron chi connectivity index (χ4n) is 7.08. The number of amides is 1. The van der Waals surface area contributed by atoms with E-state index in [1.807, 2.05) is 0 Å². The fourth-order valence-corrected chi connectivity index (χ4v) is 7.59. The van der Waals surface area contributed by atoms with Crippen LogP contribution in [-0.4, -0.2) is 107 Å².